The maximum atomic E-state index is 12.8. The van der Waals surface area contributed by atoms with Gasteiger partial charge in [0.15, 0.2) is 5.11 Å². The standard InChI is InChI=1S/C26H32N4O2S3/c1-3-29-14-11-17-19(24(35-21(17)16-29)30-12-7-8-13-30)15-27-26(33)28-23-22(25(31)32-4-2)18-9-5-6-10-20(18)34-23/h7-8,12-13H,3-6,9-11,14-16H2,1-2H3,(H2,27,28,33). The summed E-state index contributed by atoms with van der Waals surface area (Å²) in [5.41, 5.74) is 4.60. The highest BCUT2D eigenvalue weighted by atomic mass is 32.1. The highest BCUT2D eigenvalue weighted by Crippen LogP contribution is 2.39. The Morgan fingerprint density at radius 1 is 1.09 bits per heavy atom. The van der Waals surface area contributed by atoms with E-state index in [1.165, 1.54) is 32.3 Å². The van der Waals surface area contributed by atoms with E-state index in [0.717, 1.165) is 55.9 Å². The number of nitrogens with one attached hydrogen (secondary N) is 2. The topological polar surface area (TPSA) is 58.5 Å². The highest BCUT2D eigenvalue weighted by Gasteiger charge is 2.27. The number of ether oxygens (including phenoxy) is 1. The van der Waals surface area contributed by atoms with Crippen molar-refractivity contribution in [2.45, 2.75) is 59.0 Å². The number of aryl methyl sites for hydroxylation is 1. The second kappa shape index (κ2) is 10.8. The van der Waals surface area contributed by atoms with Gasteiger partial charge in [-0.2, -0.15) is 0 Å². The fourth-order valence-electron chi connectivity index (χ4n) is 5.03. The third kappa shape index (κ3) is 5.05. The quantitative estimate of drug-likeness (QED) is 0.311. The van der Waals surface area contributed by atoms with Crippen LogP contribution in [0.4, 0.5) is 5.00 Å². The lowest BCUT2D eigenvalue weighted by Gasteiger charge is -2.25. The van der Waals surface area contributed by atoms with Crippen LogP contribution in [0.3, 0.4) is 0 Å². The first-order valence-electron chi connectivity index (χ1n) is 12.4. The molecule has 0 atom stereocenters. The molecule has 0 unspecified atom stereocenters. The monoisotopic (exact) mass is 528 g/mol. The summed E-state index contributed by atoms with van der Waals surface area (Å²) in [6, 6.07) is 4.13. The molecule has 186 valence electrons. The SMILES string of the molecule is CCOC(=O)c1c(NC(=S)NCc2c(-n3cccc3)sc3c2CCN(CC)C3)sc2c1CCCC2. The van der Waals surface area contributed by atoms with E-state index >= 15 is 0 Å². The zero-order chi connectivity index (χ0) is 24.4. The first-order valence-corrected chi connectivity index (χ1v) is 14.5. The Bertz CT molecular complexity index is 1210. The molecule has 2 N–H and O–H groups in total. The summed E-state index contributed by atoms with van der Waals surface area (Å²) in [6.07, 6.45) is 9.50. The lowest BCUT2D eigenvalue weighted by atomic mass is 9.95. The summed E-state index contributed by atoms with van der Waals surface area (Å²) >= 11 is 9.25. The van der Waals surface area contributed by atoms with Gasteiger partial charge in [-0.3, -0.25) is 4.90 Å². The minimum atomic E-state index is -0.250. The maximum absolute atomic E-state index is 12.8. The van der Waals surface area contributed by atoms with Crippen LogP contribution in [0.15, 0.2) is 24.5 Å². The number of esters is 1. The predicted octanol–water partition coefficient (Wildman–Crippen LogP) is 5.52. The third-order valence-corrected chi connectivity index (χ3v) is 9.54. The number of likely N-dealkylation sites (N-methyl/N-ethyl adjacent to an activating group) is 1. The number of carbonyl (C=O) groups is 1. The average molecular weight is 529 g/mol. The van der Waals surface area contributed by atoms with Crippen molar-refractivity contribution in [3.8, 4) is 5.00 Å². The molecule has 0 aromatic carbocycles. The molecule has 0 bridgehead atoms. The van der Waals surface area contributed by atoms with Gasteiger partial charge in [0, 0.05) is 47.3 Å². The summed E-state index contributed by atoms with van der Waals surface area (Å²) in [5, 5.41) is 9.40. The minimum Gasteiger partial charge on any atom is -0.462 e. The molecular weight excluding hydrogens is 497 g/mol. The van der Waals surface area contributed by atoms with E-state index in [9.17, 15) is 4.79 Å². The van der Waals surface area contributed by atoms with Crippen LogP contribution in [0.1, 0.15) is 63.5 Å². The van der Waals surface area contributed by atoms with Crippen molar-refractivity contribution in [1.29, 1.82) is 0 Å². The predicted molar refractivity (Wildman–Crippen MR) is 148 cm³/mol. The Kier molecular flexibility index (Phi) is 7.57. The van der Waals surface area contributed by atoms with E-state index in [-0.39, 0.29) is 5.97 Å². The number of aromatic nitrogens is 1. The normalized spacial score (nSPS) is 15.4. The number of fused-ring (bicyclic) bond motifs is 2. The van der Waals surface area contributed by atoms with Gasteiger partial charge in [-0.25, -0.2) is 4.79 Å². The molecular formula is C26H32N4O2S3. The molecule has 3 aromatic rings. The van der Waals surface area contributed by atoms with Crippen LogP contribution in [0.25, 0.3) is 5.00 Å². The Balaban J connectivity index is 1.36. The molecule has 3 aromatic heterocycles. The van der Waals surface area contributed by atoms with Gasteiger partial charge in [-0.05, 0) is 81.1 Å². The molecule has 1 aliphatic heterocycles. The molecule has 35 heavy (non-hydrogen) atoms. The highest BCUT2D eigenvalue weighted by molar-refractivity contribution is 7.80. The van der Waals surface area contributed by atoms with Crippen molar-refractivity contribution in [1.82, 2.24) is 14.8 Å². The van der Waals surface area contributed by atoms with Crippen molar-refractivity contribution in [2.24, 2.45) is 0 Å². The first-order chi connectivity index (χ1) is 17.1. The zero-order valence-electron chi connectivity index (χ0n) is 20.3. The average Bonchev–Trinajstić information content (AvgIpc) is 3.59. The summed E-state index contributed by atoms with van der Waals surface area (Å²) < 4.78 is 7.60. The third-order valence-electron chi connectivity index (χ3n) is 6.81. The van der Waals surface area contributed by atoms with Gasteiger partial charge in [0.2, 0.25) is 0 Å². The largest absolute Gasteiger partial charge is 0.462 e. The first kappa shape index (κ1) is 24.5. The second-order valence-corrected chi connectivity index (χ2v) is 11.5. The molecule has 5 rings (SSSR count). The van der Waals surface area contributed by atoms with Crippen LogP contribution in [0, 0.1) is 0 Å². The number of thiocarbonyl (C=S) groups is 1. The molecule has 0 radical (unpaired) electrons. The summed E-state index contributed by atoms with van der Waals surface area (Å²) in [4.78, 5) is 18.0. The molecule has 6 nitrogen and oxygen atoms in total. The number of anilines is 1. The van der Waals surface area contributed by atoms with Gasteiger partial charge in [0.25, 0.3) is 0 Å². The fraction of sp³-hybridized carbons (Fsp3) is 0.462. The number of carbonyl (C=O) groups excluding carboxylic acids is 1. The molecule has 0 fully saturated rings. The van der Waals surface area contributed by atoms with Crippen LogP contribution in [0.2, 0.25) is 0 Å². The molecule has 0 saturated carbocycles. The summed E-state index contributed by atoms with van der Waals surface area (Å²) in [7, 11) is 0. The van der Waals surface area contributed by atoms with E-state index in [4.69, 9.17) is 17.0 Å². The smallest absolute Gasteiger partial charge is 0.341 e. The molecule has 9 heteroatoms. The maximum Gasteiger partial charge on any atom is 0.341 e. The van der Waals surface area contributed by atoms with Crippen LogP contribution >= 0.6 is 34.9 Å². The molecule has 4 heterocycles. The van der Waals surface area contributed by atoms with Crippen LogP contribution in [-0.4, -0.2) is 40.2 Å². The van der Waals surface area contributed by atoms with Gasteiger partial charge in [0.05, 0.1) is 12.2 Å². The summed E-state index contributed by atoms with van der Waals surface area (Å²) in [5.74, 6) is -0.250. The van der Waals surface area contributed by atoms with Crippen molar-refractivity contribution in [3.05, 3.63) is 56.5 Å². The van der Waals surface area contributed by atoms with Crippen molar-refractivity contribution < 1.29 is 9.53 Å². The lowest BCUT2D eigenvalue weighted by molar-refractivity contribution is 0.0526. The van der Waals surface area contributed by atoms with Crippen LogP contribution in [-0.2, 0) is 37.1 Å². The number of hydrogen-bond acceptors (Lipinski definition) is 6. The Labute approximate surface area is 220 Å². The van der Waals surface area contributed by atoms with Crippen molar-refractivity contribution in [3.63, 3.8) is 0 Å². The van der Waals surface area contributed by atoms with Gasteiger partial charge < -0.3 is 19.9 Å². The Morgan fingerprint density at radius 3 is 2.66 bits per heavy atom. The van der Waals surface area contributed by atoms with Gasteiger partial charge >= 0.3 is 5.97 Å². The van der Waals surface area contributed by atoms with Crippen molar-refractivity contribution >= 4 is 51.0 Å². The summed E-state index contributed by atoms with van der Waals surface area (Å²) in [6.45, 7) is 8.27. The zero-order valence-corrected chi connectivity index (χ0v) is 22.8. The van der Waals surface area contributed by atoms with E-state index in [1.54, 1.807) is 11.3 Å². The molecule has 0 saturated heterocycles. The fourth-order valence-corrected chi connectivity index (χ4v) is 7.92. The van der Waals surface area contributed by atoms with Crippen LogP contribution in [0.5, 0.6) is 0 Å². The van der Waals surface area contributed by atoms with E-state index in [0.29, 0.717) is 23.8 Å². The number of thiophene rings is 2. The second-order valence-electron chi connectivity index (χ2n) is 8.94. The van der Waals surface area contributed by atoms with Gasteiger partial charge in [0.1, 0.15) is 10.0 Å². The van der Waals surface area contributed by atoms with Gasteiger partial charge in [-0.15, -0.1) is 22.7 Å². The van der Waals surface area contributed by atoms with E-state index < -0.39 is 0 Å². The number of hydrogen-bond donors (Lipinski definition) is 2. The molecule has 0 spiro atoms. The van der Waals surface area contributed by atoms with Crippen molar-refractivity contribution in [2.75, 3.05) is 25.0 Å². The van der Waals surface area contributed by atoms with Crippen LogP contribution < -0.4 is 10.6 Å². The Hall–Kier alpha value is -2.20. The molecule has 0 amide bonds. The molecule has 2 aliphatic rings. The number of nitrogens with zero attached hydrogens (tertiary/aromatic N) is 2. The lowest BCUT2D eigenvalue weighted by Crippen LogP contribution is -2.31. The van der Waals surface area contributed by atoms with E-state index in [2.05, 4.69) is 51.6 Å². The Morgan fingerprint density at radius 2 is 1.89 bits per heavy atom. The van der Waals surface area contributed by atoms with Gasteiger partial charge in [-0.1, -0.05) is 6.92 Å². The minimum absolute atomic E-state index is 0.250. The number of rotatable bonds is 7. The van der Waals surface area contributed by atoms with E-state index in [1.807, 2.05) is 18.3 Å². The molecule has 1 aliphatic carbocycles.